The molecule has 0 unspecified atom stereocenters. The molecule has 0 atom stereocenters. The van der Waals surface area contributed by atoms with Crippen LogP contribution in [0.4, 0.5) is 0 Å². The fourth-order valence-corrected chi connectivity index (χ4v) is 5.16. The molecule has 122 valence electrons. The number of halogens is 4. The second kappa shape index (κ2) is 10.2. The average molecular weight is 405 g/mol. The maximum Gasteiger partial charge on any atom is 0.223 e. The number of hydrogen-bond acceptors (Lipinski definition) is 3. The predicted molar refractivity (Wildman–Crippen MR) is 92.4 cm³/mol. The minimum Gasteiger partial charge on any atom is -0.211 e. The first-order chi connectivity index (χ1) is 9.17. The number of hydrogen-bond donors (Lipinski definition) is 0. The van der Waals surface area contributed by atoms with Crippen molar-refractivity contribution in [2.24, 2.45) is 0 Å². The Morgan fingerprint density at radius 1 is 1.10 bits per heavy atom. The van der Waals surface area contributed by atoms with E-state index in [2.05, 4.69) is 6.92 Å². The Morgan fingerprint density at radius 3 is 2.15 bits per heavy atom. The quantitative estimate of drug-likeness (QED) is 0.270. The third-order valence-corrected chi connectivity index (χ3v) is 8.15. The van der Waals surface area contributed by atoms with Crippen molar-refractivity contribution in [1.29, 1.82) is 0 Å². The van der Waals surface area contributed by atoms with Crippen LogP contribution in [0, 0.1) is 0 Å². The lowest BCUT2D eigenvalue weighted by Gasteiger charge is -2.28. The van der Waals surface area contributed by atoms with E-state index in [0.29, 0.717) is 13.0 Å². The van der Waals surface area contributed by atoms with Gasteiger partial charge in [-0.2, -0.15) is 0 Å². The lowest BCUT2D eigenvalue weighted by Crippen LogP contribution is -2.33. The summed E-state index contributed by atoms with van der Waals surface area (Å²) in [7, 11) is -3.42. The van der Waals surface area contributed by atoms with Gasteiger partial charge in [0, 0.05) is 6.54 Å². The molecule has 0 bridgehead atoms. The van der Waals surface area contributed by atoms with Gasteiger partial charge in [0.15, 0.2) is 4.84 Å². The van der Waals surface area contributed by atoms with Crippen LogP contribution in [0.1, 0.15) is 46.0 Å². The van der Waals surface area contributed by atoms with Crippen molar-refractivity contribution < 1.29 is 8.42 Å². The molecule has 0 aliphatic rings. The third kappa shape index (κ3) is 8.16. The monoisotopic (exact) mass is 403 g/mol. The summed E-state index contributed by atoms with van der Waals surface area (Å²) in [4.78, 5) is -1.09. The molecule has 0 aromatic rings. The second-order valence-corrected chi connectivity index (χ2v) is 10.8. The summed E-state index contributed by atoms with van der Waals surface area (Å²) >= 11 is 24.1. The summed E-state index contributed by atoms with van der Waals surface area (Å²) in [5, 5.41) is 0. The normalized spacial score (nSPS) is 13.4. The molecule has 0 heterocycles. The van der Waals surface area contributed by atoms with Gasteiger partial charge in [-0.25, -0.2) is 8.42 Å². The number of nitrogens with zero attached hydrogens (tertiary/aromatic N) is 1. The molecule has 0 radical (unpaired) electrons. The summed E-state index contributed by atoms with van der Waals surface area (Å²) in [6.07, 6.45) is 4.38. The number of rotatable bonds is 11. The van der Waals surface area contributed by atoms with E-state index in [0.717, 1.165) is 37.6 Å². The number of sulfonamides is 1. The van der Waals surface area contributed by atoms with Crippen LogP contribution in [0.2, 0.25) is 0 Å². The summed E-state index contributed by atoms with van der Waals surface area (Å²) in [6, 6.07) is 0. The molecule has 0 aliphatic carbocycles. The van der Waals surface area contributed by atoms with E-state index in [9.17, 15) is 8.42 Å². The lowest BCUT2D eigenvalue weighted by molar-refractivity contribution is 0.522. The Balaban J connectivity index is 4.80. The predicted octanol–water partition coefficient (Wildman–Crippen LogP) is 5.19. The second-order valence-electron chi connectivity index (χ2n) is 4.36. The SMILES string of the molecule is CCCCCCN(SC(Cl)(Cl)C(Cl)Cl)S(=O)(=O)CCC. The molecule has 0 aliphatic heterocycles. The highest BCUT2D eigenvalue weighted by Crippen LogP contribution is 2.45. The van der Waals surface area contributed by atoms with Crippen LogP contribution >= 0.6 is 58.4 Å². The van der Waals surface area contributed by atoms with Crippen LogP contribution in [0.25, 0.3) is 0 Å². The van der Waals surface area contributed by atoms with Crippen molar-refractivity contribution in [3.05, 3.63) is 0 Å². The summed E-state index contributed by atoms with van der Waals surface area (Å²) in [5.41, 5.74) is 0. The fourth-order valence-electron chi connectivity index (χ4n) is 1.44. The number of unbranched alkanes of at least 4 members (excludes halogenated alkanes) is 3. The van der Waals surface area contributed by atoms with E-state index in [1.165, 1.54) is 3.71 Å². The Kier molecular flexibility index (Phi) is 11.0. The van der Waals surface area contributed by atoms with E-state index in [4.69, 9.17) is 46.4 Å². The molecule has 0 aromatic carbocycles. The molecule has 20 heavy (non-hydrogen) atoms. The van der Waals surface area contributed by atoms with Gasteiger partial charge in [-0.3, -0.25) is 0 Å². The van der Waals surface area contributed by atoms with Crippen LogP contribution < -0.4 is 0 Å². The summed E-state index contributed by atoms with van der Waals surface area (Å²) in [5.74, 6) is 0.0485. The highest BCUT2D eigenvalue weighted by Gasteiger charge is 2.39. The van der Waals surface area contributed by atoms with Gasteiger partial charge in [-0.15, -0.1) is 26.9 Å². The van der Waals surface area contributed by atoms with E-state index in [-0.39, 0.29) is 5.75 Å². The molecule has 9 heteroatoms. The molecule has 0 saturated heterocycles. The zero-order chi connectivity index (χ0) is 15.8. The third-order valence-electron chi connectivity index (χ3n) is 2.44. The van der Waals surface area contributed by atoms with Gasteiger partial charge in [0.1, 0.15) is 0 Å². The van der Waals surface area contributed by atoms with Gasteiger partial charge in [-0.05, 0) is 24.8 Å². The van der Waals surface area contributed by atoms with Crippen LogP contribution in [0.15, 0.2) is 0 Å². The minimum absolute atomic E-state index is 0.0485. The highest BCUT2D eigenvalue weighted by molar-refractivity contribution is 8.11. The molecule has 0 spiro atoms. The molecular weight excluding hydrogens is 384 g/mol. The van der Waals surface area contributed by atoms with Crippen molar-refractivity contribution in [3.63, 3.8) is 0 Å². The van der Waals surface area contributed by atoms with Gasteiger partial charge in [0.05, 0.1) is 5.75 Å². The fraction of sp³-hybridized carbons (Fsp3) is 1.00. The Morgan fingerprint density at radius 2 is 1.70 bits per heavy atom. The van der Waals surface area contributed by atoms with Crippen LogP contribution in [-0.4, -0.2) is 32.9 Å². The maximum atomic E-state index is 12.2. The van der Waals surface area contributed by atoms with Gasteiger partial charge >= 0.3 is 0 Å². The average Bonchev–Trinajstić information content (AvgIpc) is 2.32. The van der Waals surface area contributed by atoms with E-state index < -0.39 is 18.5 Å². The first kappa shape index (κ1) is 21.4. The van der Waals surface area contributed by atoms with Gasteiger partial charge in [-0.1, -0.05) is 56.3 Å². The molecule has 0 saturated carbocycles. The van der Waals surface area contributed by atoms with Crippen LogP contribution in [0.3, 0.4) is 0 Å². The largest absolute Gasteiger partial charge is 0.223 e. The minimum atomic E-state index is -3.42. The van der Waals surface area contributed by atoms with Crippen molar-refractivity contribution in [3.8, 4) is 0 Å². The van der Waals surface area contributed by atoms with E-state index in [1.54, 1.807) is 6.92 Å². The Bertz CT molecular complexity index is 363. The molecule has 3 nitrogen and oxygen atoms in total. The maximum absolute atomic E-state index is 12.2. The van der Waals surface area contributed by atoms with Crippen molar-refractivity contribution in [2.75, 3.05) is 12.3 Å². The first-order valence-electron chi connectivity index (χ1n) is 6.52. The standard InChI is InChI=1S/C11H21Cl4NO2S2/c1-3-5-6-7-8-16(20(17,18)9-4-2)19-11(14,15)10(12)13/h10H,3-9H2,1-2H3. The molecule has 0 N–H and O–H groups in total. The molecule has 0 fully saturated rings. The summed E-state index contributed by atoms with van der Waals surface area (Å²) < 4.78 is 24.0. The molecule has 0 rings (SSSR count). The van der Waals surface area contributed by atoms with Crippen molar-refractivity contribution in [1.82, 2.24) is 3.71 Å². The zero-order valence-electron chi connectivity index (χ0n) is 11.6. The van der Waals surface area contributed by atoms with Gasteiger partial charge in [0.2, 0.25) is 13.7 Å². The zero-order valence-corrected chi connectivity index (χ0v) is 16.3. The van der Waals surface area contributed by atoms with Crippen LogP contribution in [0.5, 0.6) is 0 Å². The lowest BCUT2D eigenvalue weighted by atomic mass is 10.2. The van der Waals surface area contributed by atoms with Gasteiger partial charge in [0.25, 0.3) is 0 Å². The molecule has 0 amide bonds. The van der Waals surface area contributed by atoms with Crippen LogP contribution in [-0.2, 0) is 10.0 Å². The molecular formula is C11H21Cl4NO2S2. The topological polar surface area (TPSA) is 37.4 Å². The van der Waals surface area contributed by atoms with Gasteiger partial charge < -0.3 is 0 Å². The van der Waals surface area contributed by atoms with Crippen molar-refractivity contribution >= 4 is 68.4 Å². The highest BCUT2D eigenvalue weighted by atomic mass is 35.5. The van der Waals surface area contributed by atoms with E-state index >= 15 is 0 Å². The van der Waals surface area contributed by atoms with Crippen molar-refractivity contribution in [2.45, 2.75) is 54.5 Å². The Hall–Kier alpha value is 1.42. The van der Waals surface area contributed by atoms with E-state index in [1.807, 2.05) is 0 Å². The smallest absolute Gasteiger partial charge is 0.211 e. The Labute approximate surface area is 146 Å². The first-order valence-corrected chi connectivity index (χ1v) is 10.5. The number of alkyl halides is 4. The summed E-state index contributed by atoms with van der Waals surface area (Å²) in [6.45, 7) is 4.25. The molecule has 0 aromatic heterocycles.